The third-order valence-electron chi connectivity index (χ3n) is 3.70. The highest BCUT2D eigenvalue weighted by Gasteiger charge is 2.35. The first kappa shape index (κ1) is 13.5. The van der Waals surface area contributed by atoms with E-state index in [0.29, 0.717) is 12.5 Å². The van der Waals surface area contributed by atoms with Crippen LogP contribution in [0.1, 0.15) is 38.1 Å². The number of nitrogens with zero attached hydrogens (tertiary/aromatic N) is 1. The summed E-state index contributed by atoms with van der Waals surface area (Å²) in [6.07, 6.45) is 4.91. The topological polar surface area (TPSA) is 68.0 Å². The molecule has 5 heteroatoms. The minimum absolute atomic E-state index is 0.0780. The van der Waals surface area contributed by atoms with E-state index in [1.807, 2.05) is 19.2 Å². The number of rotatable bonds is 4. The number of hydrogen-bond donors (Lipinski definition) is 2. The Balaban J connectivity index is 2.03. The minimum atomic E-state index is -0.396. The molecule has 1 amide bonds. The molecule has 2 rings (SSSR count). The Kier molecular flexibility index (Phi) is 4.02. The van der Waals surface area contributed by atoms with Crippen molar-refractivity contribution in [3.63, 3.8) is 0 Å². The molecule has 1 aliphatic rings. The van der Waals surface area contributed by atoms with Gasteiger partial charge in [0.2, 0.25) is 5.91 Å². The third-order valence-corrected chi connectivity index (χ3v) is 4.80. The molecule has 1 fully saturated rings. The molecule has 3 N–H and O–H groups in total. The van der Waals surface area contributed by atoms with Crippen molar-refractivity contribution in [3.05, 3.63) is 16.6 Å². The van der Waals surface area contributed by atoms with E-state index in [4.69, 9.17) is 5.73 Å². The summed E-state index contributed by atoms with van der Waals surface area (Å²) in [7, 11) is 0. The lowest BCUT2D eigenvalue weighted by atomic mass is 9.94. The second kappa shape index (κ2) is 5.36. The molecule has 18 heavy (non-hydrogen) atoms. The van der Waals surface area contributed by atoms with Gasteiger partial charge in [-0.1, -0.05) is 6.42 Å². The SMILES string of the molecule is CC(C)(NC(=O)C1CCCC1CN)c1nccs1. The molecule has 0 radical (unpaired) electrons. The van der Waals surface area contributed by atoms with Crippen molar-refractivity contribution >= 4 is 17.2 Å². The van der Waals surface area contributed by atoms with Gasteiger partial charge in [-0.3, -0.25) is 4.79 Å². The van der Waals surface area contributed by atoms with Crippen LogP contribution in [0.5, 0.6) is 0 Å². The Morgan fingerprint density at radius 3 is 3.00 bits per heavy atom. The van der Waals surface area contributed by atoms with Crippen molar-refractivity contribution in [2.75, 3.05) is 6.54 Å². The molecular weight excluding hydrogens is 246 g/mol. The van der Waals surface area contributed by atoms with Gasteiger partial charge >= 0.3 is 0 Å². The number of amides is 1. The van der Waals surface area contributed by atoms with Crippen LogP contribution >= 0.6 is 11.3 Å². The van der Waals surface area contributed by atoms with Gasteiger partial charge in [0, 0.05) is 17.5 Å². The molecule has 2 unspecified atom stereocenters. The highest BCUT2D eigenvalue weighted by Crippen LogP contribution is 2.32. The van der Waals surface area contributed by atoms with Crippen LogP contribution in [0.25, 0.3) is 0 Å². The summed E-state index contributed by atoms with van der Waals surface area (Å²) in [5.74, 6) is 0.550. The van der Waals surface area contributed by atoms with Crippen LogP contribution in [0.2, 0.25) is 0 Å². The van der Waals surface area contributed by atoms with Gasteiger partial charge in [0.05, 0.1) is 5.54 Å². The maximum Gasteiger partial charge on any atom is 0.224 e. The lowest BCUT2D eigenvalue weighted by Crippen LogP contribution is -2.45. The zero-order valence-corrected chi connectivity index (χ0v) is 11.8. The van der Waals surface area contributed by atoms with E-state index < -0.39 is 5.54 Å². The van der Waals surface area contributed by atoms with E-state index in [0.717, 1.165) is 24.3 Å². The third kappa shape index (κ3) is 2.72. The molecule has 1 aromatic rings. The number of nitrogens with one attached hydrogen (secondary N) is 1. The first-order valence-electron chi connectivity index (χ1n) is 6.46. The summed E-state index contributed by atoms with van der Waals surface area (Å²) in [5.41, 5.74) is 5.33. The van der Waals surface area contributed by atoms with Gasteiger partial charge in [-0.2, -0.15) is 0 Å². The standard InChI is InChI=1S/C13H21N3OS/c1-13(2,12-15-6-7-18-12)16-11(17)10-5-3-4-9(10)8-14/h6-7,9-10H,3-5,8,14H2,1-2H3,(H,16,17). The highest BCUT2D eigenvalue weighted by atomic mass is 32.1. The van der Waals surface area contributed by atoms with E-state index in [1.165, 1.54) is 0 Å². The molecule has 0 aliphatic heterocycles. The smallest absolute Gasteiger partial charge is 0.224 e. The number of aromatic nitrogens is 1. The first-order valence-corrected chi connectivity index (χ1v) is 7.34. The van der Waals surface area contributed by atoms with Crippen molar-refractivity contribution < 1.29 is 4.79 Å². The molecule has 0 bridgehead atoms. The van der Waals surface area contributed by atoms with Gasteiger partial charge < -0.3 is 11.1 Å². The monoisotopic (exact) mass is 267 g/mol. The summed E-state index contributed by atoms with van der Waals surface area (Å²) in [5, 5.41) is 5.99. The predicted octanol–water partition coefficient (Wildman–Crippen LogP) is 1.87. The number of carbonyl (C=O) groups is 1. The molecule has 1 heterocycles. The number of nitrogens with two attached hydrogens (primary N) is 1. The van der Waals surface area contributed by atoms with Gasteiger partial charge in [-0.15, -0.1) is 11.3 Å². The zero-order valence-electron chi connectivity index (χ0n) is 11.0. The van der Waals surface area contributed by atoms with Crippen LogP contribution in [0, 0.1) is 11.8 Å². The van der Waals surface area contributed by atoms with Crippen LogP contribution in [0.3, 0.4) is 0 Å². The van der Waals surface area contributed by atoms with Gasteiger partial charge in [-0.05, 0) is 39.2 Å². The molecule has 100 valence electrons. The molecular formula is C13H21N3OS. The van der Waals surface area contributed by atoms with Crippen LogP contribution in [0.15, 0.2) is 11.6 Å². The lowest BCUT2D eigenvalue weighted by Gasteiger charge is -2.27. The molecule has 1 aromatic heterocycles. The Morgan fingerprint density at radius 1 is 1.61 bits per heavy atom. The van der Waals surface area contributed by atoms with Crippen LogP contribution < -0.4 is 11.1 Å². The maximum atomic E-state index is 12.3. The van der Waals surface area contributed by atoms with Crippen LogP contribution in [-0.4, -0.2) is 17.4 Å². The van der Waals surface area contributed by atoms with Gasteiger partial charge in [0.25, 0.3) is 0 Å². The fraction of sp³-hybridized carbons (Fsp3) is 0.692. The largest absolute Gasteiger partial charge is 0.344 e. The van der Waals surface area contributed by atoms with Gasteiger partial charge in [0.1, 0.15) is 5.01 Å². The average Bonchev–Trinajstić information content (AvgIpc) is 2.99. The highest BCUT2D eigenvalue weighted by molar-refractivity contribution is 7.09. The summed E-state index contributed by atoms with van der Waals surface area (Å²) in [6.45, 7) is 4.60. The van der Waals surface area contributed by atoms with E-state index in [-0.39, 0.29) is 11.8 Å². The second-order valence-corrected chi connectivity index (χ2v) is 6.38. The Labute approximate surface area is 112 Å². The van der Waals surface area contributed by atoms with Crippen molar-refractivity contribution in [1.82, 2.24) is 10.3 Å². The van der Waals surface area contributed by atoms with Crippen LogP contribution in [-0.2, 0) is 10.3 Å². The minimum Gasteiger partial charge on any atom is -0.344 e. The Hall–Kier alpha value is -0.940. The molecule has 4 nitrogen and oxygen atoms in total. The summed E-state index contributed by atoms with van der Waals surface area (Å²) < 4.78 is 0. The number of carbonyl (C=O) groups excluding carboxylic acids is 1. The van der Waals surface area contributed by atoms with Crippen LogP contribution in [0.4, 0.5) is 0 Å². The summed E-state index contributed by atoms with van der Waals surface area (Å²) in [6, 6.07) is 0. The molecule has 0 aromatic carbocycles. The Morgan fingerprint density at radius 2 is 2.39 bits per heavy atom. The lowest BCUT2D eigenvalue weighted by molar-refractivity contribution is -0.127. The van der Waals surface area contributed by atoms with Gasteiger partial charge in [0.15, 0.2) is 0 Å². The van der Waals surface area contributed by atoms with E-state index in [2.05, 4.69) is 10.3 Å². The van der Waals surface area contributed by atoms with E-state index >= 15 is 0 Å². The zero-order chi connectivity index (χ0) is 13.2. The fourth-order valence-electron chi connectivity index (χ4n) is 2.65. The van der Waals surface area contributed by atoms with E-state index in [1.54, 1.807) is 17.5 Å². The normalized spacial score (nSPS) is 24.2. The molecule has 1 saturated carbocycles. The van der Waals surface area contributed by atoms with Crippen molar-refractivity contribution in [2.45, 2.75) is 38.6 Å². The average molecular weight is 267 g/mol. The molecule has 2 atom stereocenters. The quantitative estimate of drug-likeness (QED) is 0.875. The summed E-state index contributed by atoms with van der Waals surface area (Å²) >= 11 is 1.57. The molecule has 0 saturated heterocycles. The van der Waals surface area contributed by atoms with Gasteiger partial charge in [-0.25, -0.2) is 4.98 Å². The fourth-order valence-corrected chi connectivity index (χ4v) is 3.37. The Bertz CT molecular complexity index is 402. The second-order valence-electron chi connectivity index (χ2n) is 5.48. The van der Waals surface area contributed by atoms with Crippen molar-refractivity contribution in [3.8, 4) is 0 Å². The molecule has 1 aliphatic carbocycles. The van der Waals surface area contributed by atoms with Crippen molar-refractivity contribution in [2.24, 2.45) is 17.6 Å². The number of thiazole rings is 1. The molecule has 0 spiro atoms. The number of hydrogen-bond acceptors (Lipinski definition) is 4. The predicted molar refractivity (Wildman–Crippen MR) is 73.2 cm³/mol. The van der Waals surface area contributed by atoms with E-state index in [9.17, 15) is 4.79 Å². The first-order chi connectivity index (χ1) is 8.54. The summed E-state index contributed by atoms with van der Waals surface area (Å²) in [4.78, 5) is 16.6. The van der Waals surface area contributed by atoms with Crippen molar-refractivity contribution in [1.29, 1.82) is 0 Å². The maximum absolute atomic E-state index is 12.3.